The zero-order valence-corrected chi connectivity index (χ0v) is 15.0. The van der Waals surface area contributed by atoms with Crippen molar-refractivity contribution in [2.24, 2.45) is 0 Å². The van der Waals surface area contributed by atoms with E-state index in [4.69, 9.17) is 27.9 Å². The number of nitrogens with one attached hydrogen (secondary N) is 1. The van der Waals surface area contributed by atoms with Crippen molar-refractivity contribution in [1.29, 1.82) is 0 Å². The molecule has 0 amide bonds. The van der Waals surface area contributed by atoms with Crippen LogP contribution in [-0.2, 0) is 6.54 Å². The van der Waals surface area contributed by atoms with Gasteiger partial charge in [-0.1, -0.05) is 60.5 Å². The van der Waals surface area contributed by atoms with Gasteiger partial charge in [0, 0.05) is 17.1 Å². The van der Waals surface area contributed by atoms with Crippen LogP contribution >= 0.6 is 23.2 Å². The molecule has 124 valence electrons. The van der Waals surface area contributed by atoms with E-state index in [9.17, 15) is 0 Å². The lowest BCUT2D eigenvalue weighted by Crippen LogP contribution is -2.05. The zero-order valence-electron chi connectivity index (χ0n) is 13.5. The smallest absolute Gasteiger partial charge is 0.124 e. The van der Waals surface area contributed by atoms with Crippen LogP contribution in [0.1, 0.15) is 18.9 Å². The van der Waals surface area contributed by atoms with Gasteiger partial charge in [0.2, 0.25) is 0 Å². The minimum atomic E-state index is 0.612. The first-order chi connectivity index (χ1) is 11.7. The highest BCUT2D eigenvalue weighted by Gasteiger charge is 2.10. The van der Waals surface area contributed by atoms with Crippen molar-refractivity contribution in [3.05, 3.63) is 70.2 Å². The van der Waals surface area contributed by atoms with Crippen LogP contribution < -0.4 is 10.1 Å². The highest BCUT2D eigenvalue weighted by molar-refractivity contribution is 6.35. The second kappa shape index (κ2) is 7.78. The van der Waals surface area contributed by atoms with Gasteiger partial charge in [0.15, 0.2) is 0 Å². The van der Waals surface area contributed by atoms with Gasteiger partial charge in [-0.3, -0.25) is 0 Å². The minimum absolute atomic E-state index is 0.612. The van der Waals surface area contributed by atoms with E-state index in [1.807, 2.05) is 24.3 Å². The van der Waals surface area contributed by atoms with Crippen LogP contribution in [0.5, 0.6) is 5.75 Å². The summed E-state index contributed by atoms with van der Waals surface area (Å²) in [5, 5.41) is 7.05. The van der Waals surface area contributed by atoms with Crippen LogP contribution in [0.3, 0.4) is 0 Å². The number of anilines is 1. The fourth-order valence-electron chi connectivity index (χ4n) is 2.66. The first kappa shape index (κ1) is 16.9. The molecule has 2 nitrogen and oxygen atoms in total. The molecule has 3 rings (SSSR count). The van der Waals surface area contributed by atoms with Gasteiger partial charge in [-0.15, -0.1) is 0 Å². The molecule has 0 radical (unpaired) electrons. The van der Waals surface area contributed by atoms with Crippen LogP contribution in [0.15, 0.2) is 54.6 Å². The highest BCUT2D eigenvalue weighted by atomic mass is 35.5. The molecule has 0 aliphatic heterocycles. The van der Waals surface area contributed by atoms with Gasteiger partial charge >= 0.3 is 0 Å². The number of benzene rings is 3. The third kappa shape index (κ3) is 3.77. The average molecular weight is 360 g/mol. The molecule has 0 heterocycles. The van der Waals surface area contributed by atoms with Crippen molar-refractivity contribution in [1.82, 2.24) is 0 Å². The van der Waals surface area contributed by atoms with Crippen LogP contribution in [-0.4, -0.2) is 6.61 Å². The van der Waals surface area contributed by atoms with Crippen molar-refractivity contribution < 1.29 is 4.74 Å². The van der Waals surface area contributed by atoms with E-state index in [-0.39, 0.29) is 0 Å². The van der Waals surface area contributed by atoms with Gasteiger partial charge in [0.1, 0.15) is 5.75 Å². The summed E-state index contributed by atoms with van der Waals surface area (Å²) in [6, 6.07) is 17.8. The molecule has 4 heteroatoms. The Hall–Kier alpha value is -1.90. The minimum Gasteiger partial charge on any atom is -0.493 e. The van der Waals surface area contributed by atoms with Gasteiger partial charge < -0.3 is 10.1 Å². The monoisotopic (exact) mass is 359 g/mol. The number of hydrogen-bond donors (Lipinski definition) is 1. The van der Waals surface area contributed by atoms with Gasteiger partial charge in [-0.05, 0) is 41.5 Å². The van der Waals surface area contributed by atoms with E-state index in [0.717, 1.165) is 23.4 Å². The third-order valence-corrected chi connectivity index (χ3v) is 4.41. The summed E-state index contributed by atoms with van der Waals surface area (Å²) < 4.78 is 5.94. The molecule has 3 aromatic rings. The second-order valence-corrected chi connectivity index (χ2v) is 6.43. The summed E-state index contributed by atoms with van der Waals surface area (Å²) in [4.78, 5) is 0. The molecule has 0 aromatic heterocycles. The maximum Gasteiger partial charge on any atom is 0.124 e. The summed E-state index contributed by atoms with van der Waals surface area (Å²) >= 11 is 12.3. The Morgan fingerprint density at radius 3 is 2.67 bits per heavy atom. The van der Waals surface area contributed by atoms with Crippen molar-refractivity contribution in [2.75, 3.05) is 11.9 Å². The number of ether oxygens (including phenoxy) is 1. The van der Waals surface area contributed by atoms with E-state index >= 15 is 0 Å². The molecule has 24 heavy (non-hydrogen) atoms. The molecular formula is C20H19Cl2NO. The molecule has 0 aliphatic rings. The molecule has 0 fully saturated rings. The molecule has 0 saturated heterocycles. The Labute approximate surface area is 152 Å². The predicted octanol–water partition coefficient (Wildman–Crippen LogP) is 6.55. The Kier molecular flexibility index (Phi) is 5.49. The van der Waals surface area contributed by atoms with Crippen LogP contribution in [0.4, 0.5) is 5.69 Å². The van der Waals surface area contributed by atoms with Gasteiger partial charge in [0.05, 0.1) is 17.3 Å². The molecular weight excluding hydrogens is 341 g/mol. The SMILES string of the molecule is CCCOc1ccc2ccccc2c1CNc1cc(Cl)ccc1Cl. The molecule has 0 unspecified atom stereocenters. The lowest BCUT2D eigenvalue weighted by molar-refractivity contribution is 0.315. The maximum atomic E-state index is 6.25. The fourth-order valence-corrected chi connectivity index (χ4v) is 3.02. The normalized spacial score (nSPS) is 10.8. The van der Waals surface area contributed by atoms with Crippen molar-refractivity contribution in [3.63, 3.8) is 0 Å². The number of halogens is 2. The second-order valence-electron chi connectivity index (χ2n) is 5.59. The van der Waals surface area contributed by atoms with E-state index in [0.29, 0.717) is 23.2 Å². The molecule has 0 bridgehead atoms. The summed E-state index contributed by atoms with van der Waals surface area (Å²) in [7, 11) is 0. The number of fused-ring (bicyclic) bond motifs is 1. The van der Waals surface area contributed by atoms with Crippen molar-refractivity contribution in [3.8, 4) is 5.75 Å². The van der Waals surface area contributed by atoms with E-state index < -0.39 is 0 Å². The topological polar surface area (TPSA) is 21.3 Å². The first-order valence-corrected chi connectivity index (χ1v) is 8.77. The van der Waals surface area contributed by atoms with Gasteiger partial charge in [-0.2, -0.15) is 0 Å². The third-order valence-electron chi connectivity index (χ3n) is 3.84. The van der Waals surface area contributed by atoms with Gasteiger partial charge in [-0.25, -0.2) is 0 Å². The molecule has 0 aliphatic carbocycles. The Morgan fingerprint density at radius 2 is 1.83 bits per heavy atom. The Balaban J connectivity index is 1.95. The Bertz CT molecular complexity index is 848. The summed E-state index contributed by atoms with van der Waals surface area (Å²) in [6.45, 7) is 3.41. The van der Waals surface area contributed by atoms with E-state index in [2.05, 4.69) is 30.4 Å². The molecule has 0 spiro atoms. The zero-order chi connectivity index (χ0) is 16.9. The first-order valence-electron chi connectivity index (χ1n) is 8.01. The lowest BCUT2D eigenvalue weighted by Gasteiger charge is -2.16. The molecule has 1 N–H and O–H groups in total. The largest absolute Gasteiger partial charge is 0.493 e. The predicted molar refractivity (Wildman–Crippen MR) is 104 cm³/mol. The summed E-state index contributed by atoms with van der Waals surface area (Å²) in [5.41, 5.74) is 1.94. The summed E-state index contributed by atoms with van der Waals surface area (Å²) in [6.07, 6.45) is 0.972. The van der Waals surface area contributed by atoms with Crippen LogP contribution in [0.25, 0.3) is 10.8 Å². The Morgan fingerprint density at radius 1 is 1.00 bits per heavy atom. The van der Waals surface area contributed by atoms with Crippen molar-refractivity contribution in [2.45, 2.75) is 19.9 Å². The van der Waals surface area contributed by atoms with E-state index in [1.54, 1.807) is 12.1 Å². The molecule has 0 saturated carbocycles. The van der Waals surface area contributed by atoms with E-state index in [1.165, 1.54) is 10.8 Å². The number of hydrogen-bond acceptors (Lipinski definition) is 2. The standard InChI is InChI=1S/C20H19Cl2NO/c1-2-11-24-20-10-7-14-5-3-4-6-16(14)17(20)13-23-19-12-15(21)8-9-18(19)22/h3-10,12,23H,2,11,13H2,1H3. The fraction of sp³-hybridized carbons (Fsp3) is 0.200. The molecule has 3 aromatic carbocycles. The number of rotatable bonds is 6. The van der Waals surface area contributed by atoms with Gasteiger partial charge in [0.25, 0.3) is 0 Å². The summed E-state index contributed by atoms with van der Waals surface area (Å²) in [5.74, 6) is 0.904. The van der Waals surface area contributed by atoms with Crippen molar-refractivity contribution >= 4 is 39.7 Å². The van der Waals surface area contributed by atoms with Crippen LogP contribution in [0.2, 0.25) is 10.0 Å². The molecule has 0 atom stereocenters. The average Bonchev–Trinajstić information content (AvgIpc) is 2.61. The quantitative estimate of drug-likeness (QED) is 0.538. The highest BCUT2D eigenvalue weighted by Crippen LogP contribution is 2.31. The maximum absolute atomic E-state index is 6.25. The lowest BCUT2D eigenvalue weighted by atomic mass is 10.0. The van der Waals surface area contributed by atoms with Crippen LogP contribution in [0, 0.1) is 0 Å².